The lowest BCUT2D eigenvalue weighted by Crippen LogP contribution is -2.30. The number of hydrogen-bond donors (Lipinski definition) is 0. The summed E-state index contributed by atoms with van der Waals surface area (Å²) in [5, 5.41) is 0. The SMILES string of the molecule is CC/C=C\C/C=C\C/C=C\C/C=C\C/C=C\CCCC(=O)OC(COC(=O)CC/C=C\C/C=C\C/C=C\C/C=C\CC)COC(=O)CCCCCCCCCCCCCCCCCCCCC/C=C\CCCCCCCCCC. The number of carbonyl (C=O) groups excluding carboxylic acids is 3. The summed E-state index contributed by atoms with van der Waals surface area (Å²) in [5.74, 6) is -1.06. The van der Waals surface area contributed by atoms with E-state index in [1.807, 2.05) is 12.2 Å². The van der Waals surface area contributed by atoms with Gasteiger partial charge in [-0.25, -0.2) is 0 Å². The Morgan fingerprint density at radius 3 is 0.899 bits per heavy atom. The second-order valence-corrected chi connectivity index (χ2v) is 21.6. The topological polar surface area (TPSA) is 78.9 Å². The van der Waals surface area contributed by atoms with Crippen LogP contribution in [0.1, 0.15) is 303 Å². The highest BCUT2D eigenvalue weighted by molar-refractivity contribution is 5.71. The van der Waals surface area contributed by atoms with Crippen LogP contribution in [0.3, 0.4) is 0 Å². The minimum Gasteiger partial charge on any atom is -0.462 e. The van der Waals surface area contributed by atoms with E-state index in [1.165, 1.54) is 167 Å². The molecule has 0 aliphatic carbocycles. The van der Waals surface area contributed by atoms with Crippen LogP contribution in [-0.4, -0.2) is 37.2 Å². The quantitative estimate of drug-likeness (QED) is 0.0261. The molecule has 450 valence electrons. The van der Waals surface area contributed by atoms with Crippen molar-refractivity contribution in [1.82, 2.24) is 0 Å². The van der Waals surface area contributed by atoms with Crippen LogP contribution in [0.15, 0.2) is 122 Å². The van der Waals surface area contributed by atoms with Gasteiger partial charge in [0.05, 0.1) is 0 Å². The first-order chi connectivity index (χ1) is 39.0. The van der Waals surface area contributed by atoms with Gasteiger partial charge in [-0.2, -0.15) is 0 Å². The molecule has 1 atom stereocenters. The molecular formula is C73H122O6. The van der Waals surface area contributed by atoms with Gasteiger partial charge in [0.2, 0.25) is 0 Å². The lowest BCUT2D eigenvalue weighted by atomic mass is 10.0. The maximum Gasteiger partial charge on any atom is 0.306 e. The summed E-state index contributed by atoms with van der Waals surface area (Å²) in [6.07, 6.45) is 92.6. The molecule has 0 aliphatic heterocycles. The molecule has 0 aromatic rings. The fourth-order valence-electron chi connectivity index (χ4n) is 9.08. The minimum absolute atomic E-state index is 0.123. The second-order valence-electron chi connectivity index (χ2n) is 21.6. The molecule has 6 heteroatoms. The third-order valence-electron chi connectivity index (χ3n) is 13.9. The lowest BCUT2D eigenvalue weighted by molar-refractivity contribution is -0.166. The zero-order valence-corrected chi connectivity index (χ0v) is 51.6. The summed E-state index contributed by atoms with van der Waals surface area (Å²) < 4.78 is 16.8. The molecule has 79 heavy (non-hydrogen) atoms. The molecule has 0 aromatic heterocycles. The van der Waals surface area contributed by atoms with Crippen molar-refractivity contribution in [2.24, 2.45) is 0 Å². The molecule has 0 N–H and O–H groups in total. The van der Waals surface area contributed by atoms with Crippen molar-refractivity contribution >= 4 is 17.9 Å². The van der Waals surface area contributed by atoms with Crippen LogP contribution >= 0.6 is 0 Å². The third-order valence-corrected chi connectivity index (χ3v) is 13.9. The summed E-state index contributed by atoms with van der Waals surface area (Å²) >= 11 is 0. The zero-order valence-electron chi connectivity index (χ0n) is 51.6. The molecular weight excluding hydrogens is 973 g/mol. The van der Waals surface area contributed by atoms with Crippen LogP contribution in [0.2, 0.25) is 0 Å². The van der Waals surface area contributed by atoms with Gasteiger partial charge in [0.15, 0.2) is 6.10 Å². The molecule has 0 heterocycles. The monoisotopic (exact) mass is 1090 g/mol. The Balaban J connectivity index is 4.27. The van der Waals surface area contributed by atoms with Gasteiger partial charge in [-0.1, -0.05) is 296 Å². The molecule has 0 spiro atoms. The first-order valence-electron chi connectivity index (χ1n) is 33.0. The number of ether oxygens (including phenoxy) is 3. The van der Waals surface area contributed by atoms with Crippen molar-refractivity contribution in [1.29, 1.82) is 0 Å². The summed E-state index contributed by atoms with van der Waals surface area (Å²) in [6, 6.07) is 0. The molecule has 0 amide bonds. The Morgan fingerprint density at radius 1 is 0.266 bits per heavy atom. The van der Waals surface area contributed by atoms with Gasteiger partial charge in [0.25, 0.3) is 0 Å². The van der Waals surface area contributed by atoms with Crippen molar-refractivity contribution in [3.05, 3.63) is 122 Å². The average Bonchev–Trinajstić information content (AvgIpc) is 3.45. The molecule has 6 nitrogen and oxygen atoms in total. The molecule has 0 rings (SSSR count). The van der Waals surface area contributed by atoms with Crippen molar-refractivity contribution in [3.8, 4) is 0 Å². The van der Waals surface area contributed by atoms with E-state index in [4.69, 9.17) is 14.2 Å². The van der Waals surface area contributed by atoms with Gasteiger partial charge in [0, 0.05) is 19.3 Å². The summed E-state index contributed by atoms with van der Waals surface area (Å²) in [7, 11) is 0. The summed E-state index contributed by atoms with van der Waals surface area (Å²) in [5.41, 5.74) is 0. The predicted octanol–water partition coefficient (Wildman–Crippen LogP) is 22.8. The van der Waals surface area contributed by atoms with E-state index >= 15 is 0 Å². The highest BCUT2D eigenvalue weighted by atomic mass is 16.6. The predicted molar refractivity (Wildman–Crippen MR) is 343 cm³/mol. The summed E-state index contributed by atoms with van der Waals surface area (Å²) in [6.45, 7) is 6.31. The number of carbonyl (C=O) groups is 3. The maximum absolute atomic E-state index is 12.9. The number of unbranched alkanes of at least 4 members (excludes halogenated alkanes) is 28. The Labute approximate surface area is 488 Å². The van der Waals surface area contributed by atoms with Crippen LogP contribution < -0.4 is 0 Å². The molecule has 0 saturated heterocycles. The lowest BCUT2D eigenvalue weighted by Gasteiger charge is -2.18. The van der Waals surface area contributed by atoms with Crippen molar-refractivity contribution in [3.63, 3.8) is 0 Å². The minimum atomic E-state index is -0.840. The highest BCUT2D eigenvalue weighted by Gasteiger charge is 2.19. The van der Waals surface area contributed by atoms with Gasteiger partial charge >= 0.3 is 17.9 Å². The van der Waals surface area contributed by atoms with Crippen molar-refractivity contribution < 1.29 is 28.6 Å². The van der Waals surface area contributed by atoms with E-state index < -0.39 is 6.10 Å². The second kappa shape index (κ2) is 66.3. The zero-order chi connectivity index (χ0) is 57.1. The van der Waals surface area contributed by atoms with E-state index in [0.29, 0.717) is 19.3 Å². The molecule has 1 unspecified atom stereocenters. The number of allylic oxidation sites excluding steroid dienone is 20. The highest BCUT2D eigenvalue weighted by Crippen LogP contribution is 2.17. The van der Waals surface area contributed by atoms with Crippen LogP contribution in [0, 0.1) is 0 Å². The number of esters is 3. The van der Waals surface area contributed by atoms with Gasteiger partial charge in [-0.15, -0.1) is 0 Å². The van der Waals surface area contributed by atoms with E-state index in [9.17, 15) is 14.4 Å². The molecule has 0 aliphatic rings. The molecule has 0 fully saturated rings. The Morgan fingerprint density at radius 2 is 0.532 bits per heavy atom. The first-order valence-corrected chi connectivity index (χ1v) is 33.0. The van der Waals surface area contributed by atoms with Crippen LogP contribution in [0.4, 0.5) is 0 Å². The fraction of sp³-hybridized carbons (Fsp3) is 0.685. The van der Waals surface area contributed by atoms with Crippen LogP contribution in [0.5, 0.6) is 0 Å². The van der Waals surface area contributed by atoms with Crippen molar-refractivity contribution in [2.45, 2.75) is 309 Å². The Hall–Kier alpha value is -4.19. The van der Waals surface area contributed by atoms with Gasteiger partial charge < -0.3 is 14.2 Å². The number of hydrogen-bond acceptors (Lipinski definition) is 6. The van der Waals surface area contributed by atoms with Gasteiger partial charge in [-0.05, 0) is 109 Å². The van der Waals surface area contributed by atoms with Gasteiger partial charge in [-0.3, -0.25) is 14.4 Å². The van der Waals surface area contributed by atoms with Gasteiger partial charge in [0.1, 0.15) is 13.2 Å². The molecule has 0 bridgehead atoms. The van der Waals surface area contributed by atoms with E-state index in [-0.39, 0.29) is 44.0 Å². The van der Waals surface area contributed by atoms with E-state index in [1.54, 1.807) is 0 Å². The standard InChI is InChI=1S/C73H122O6/c1-4-7-10-13-16-19-22-25-27-29-30-31-32-33-34-35-36-37-38-39-40-41-42-44-45-48-51-54-57-60-63-66-72(75)78-69-70(68-77-71(74)65-62-59-56-53-50-47-24-21-18-15-12-9-6-3)79-73(76)67-64-61-58-55-52-49-46-43-28-26-23-20-17-14-11-8-5-2/h8-9,11-12,17-18,20-21,26,28-30,46-47,49-50,55-56,58-59,70H,4-7,10,13-16,19,22-25,27,31-45,48,51-54,57,60-69H2,1-3H3/b11-8-,12-9-,20-17-,21-18-,28-26-,30-29-,49-46-,50-47-,58-55-,59-56-. The van der Waals surface area contributed by atoms with Crippen molar-refractivity contribution in [2.75, 3.05) is 13.2 Å². The normalized spacial score (nSPS) is 12.9. The molecule has 0 radical (unpaired) electrons. The fourth-order valence-corrected chi connectivity index (χ4v) is 9.08. The first kappa shape index (κ1) is 74.8. The Bertz CT molecular complexity index is 1640. The molecule has 0 saturated carbocycles. The van der Waals surface area contributed by atoms with E-state index in [0.717, 1.165) is 83.5 Å². The maximum atomic E-state index is 12.9. The summed E-state index contributed by atoms with van der Waals surface area (Å²) in [4.78, 5) is 38.2. The van der Waals surface area contributed by atoms with Crippen LogP contribution in [-0.2, 0) is 28.6 Å². The number of rotatable bonds is 59. The van der Waals surface area contributed by atoms with Crippen LogP contribution in [0.25, 0.3) is 0 Å². The smallest absolute Gasteiger partial charge is 0.306 e. The largest absolute Gasteiger partial charge is 0.462 e. The average molecular weight is 1100 g/mol. The van der Waals surface area contributed by atoms with E-state index in [2.05, 4.69) is 130 Å². The third kappa shape index (κ3) is 64.5. The Kier molecular flexibility index (Phi) is 62.8. The molecule has 0 aromatic carbocycles.